The smallest absolute Gasteiger partial charge is 0.419 e. The first-order chi connectivity index (χ1) is 26.2. The number of likely N-dealkylation sites (tertiary alicyclic amines) is 1. The van der Waals surface area contributed by atoms with Crippen molar-refractivity contribution in [2.24, 2.45) is 5.92 Å². The molecule has 10 nitrogen and oxygen atoms in total. The van der Waals surface area contributed by atoms with Gasteiger partial charge in [0, 0.05) is 48.4 Å². The van der Waals surface area contributed by atoms with E-state index >= 15 is 0 Å². The van der Waals surface area contributed by atoms with Crippen molar-refractivity contribution in [1.82, 2.24) is 19.8 Å². The van der Waals surface area contributed by atoms with Crippen molar-refractivity contribution in [3.05, 3.63) is 87.4 Å². The molecule has 3 N–H and O–H groups in total. The van der Waals surface area contributed by atoms with Crippen LogP contribution >= 0.6 is 11.6 Å². The number of pyridine rings is 2. The molecule has 5 aliphatic rings. The van der Waals surface area contributed by atoms with Crippen LogP contribution in [0.15, 0.2) is 54.6 Å². The summed E-state index contributed by atoms with van der Waals surface area (Å²) in [6.45, 7) is 4.01. The van der Waals surface area contributed by atoms with Gasteiger partial charge in [0.2, 0.25) is 11.8 Å². The zero-order valence-electron chi connectivity index (χ0n) is 30.8. The highest BCUT2D eigenvalue weighted by molar-refractivity contribution is 6.36. The monoisotopic (exact) mass is 777 g/mol. The zero-order valence-corrected chi connectivity index (χ0v) is 31.6. The van der Waals surface area contributed by atoms with E-state index in [0.29, 0.717) is 79.9 Å². The number of anilines is 1. The highest BCUT2D eigenvalue weighted by atomic mass is 35.5. The van der Waals surface area contributed by atoms with Gasteiger partial charge in [0.25, 0.3) is 0 Å². The molecule has 0 radical (unpaired) electrons. The fourth-order valence-electron chi connectivity index (χ4n) is 9.16. The first kappa shape index (κ1) is 37.5. The van der Waals surface area contributed by atoms with Crippen LogP contribution in [0.1, 0.15) is 66.5 Å². The number of hydrogen-bond acceptors (Lipinski definition) is 9. The Kier molecular flexibility index (Phi) is 9.51. The number of piperidine rings is 2. The number of aliphatic hydroxyl groups is 1. The van der Waals surface area contributed by atoms with Crippen molar-refractivity contribution in [1.29, 1.82) is 0 Å². The summed E-state index contributed by atoms with van der Waals surface area (Å²) in [5, 5.41) is 23.8. The summed E-state index contributed by atoms with van der Waals surface area (Å²) in [6, 6.07) is 15.9. The van der Waals surface area contributed by atoms with Crippen LogP contribution in [0.4, 0.5) is 19.0 Å². The molecule has 9 rings (SSSR count). The lowest BCUT2D eigenvalue weighted by Crippen LogP contribution is -2.66. The van der Waals surface area contributed by atoms with Crippen LogP contribution in [-0.2, 0) is 30.5 Å². The number of hydrogen-bond donors (Lipinski definition) is 3. The molecule has 1 atom stereocenters. The topological polar surface area (TPSA) is 120 Å². The van der Waals surface area contributed by atoms with E-state index in [1.807, 2.05) is 55.5 Å². The van der Waals surface area contributed by atoms with E-state index in [9.17, 15) is 28.2 Å². The third-order valence-corrected chi connectivity index (χ3v) is 12.2. The van der Waals surface area contributed by atoms with Crippen molar-refractivity contribution in [3.63, 3.8) is 0 Å². The van der Waals surface area contributed by atoms with E-state index in [4.69, 9.17) is 26.1 Å². The van der Waals surface area contributed by atoms with Gasteiger partial charge in [-0.3, -0.25) is 14.6 Å². The minimum absolute atomic E-state index is 0.0107. The van der Waals surface area contributed by atoms with E-state index in [-0.39, 0.29) is 23.8 Å². The maximum Gasteiger partial charge on any atom is 0.419 e. The molecule has 1 saturated carbocycles. The highest BCUT2D eigenvalue weighted by Crippen LogP contribution is 2.50. The number of nitrogens with zero attached hydrogens (tertiary/aromatic N) is 4. The predicted octanol–water partition coefficient (Wildman–Crippen LogP) is 7.61. The van der Waals surface area contributed by atoms with Crippen molar-refractivity contribution >= 4 is 23.4 Å². The number of β-amino-alcohol motifs (C(OH)–C–C–N with tert-alkyl or cyclic N) is 1. The minimum Gasteiger partial charge on any atom is -0.481 e. The number of halogens is 4. The van der Waals surface area contributed by atoms with E-state index in [1.54, 1.807) is 12.0 Å². The molecule has 5 heterocycles. The first-order valence-corrected chi connectivity index (χ1v) is 18.9. The summed E-state index contributed by atoms with van der Waals surface area (Å²) in [7, 11) is 2.93. The number of ether oxygens (including phenoxy) is 2. The van der Waals surface area contributed by atoms with Gasteiger partial charge in [0.1, 0.15) is 11.4 Å². The van der Waals surface area contributed by atoms with Crippen molar-refractivity contribution in [2.75, 3.05) is 39.2 Å². The number of methoxy groups -OCH3 is 2. The van der Waals surface area contributed by atoms with Crippen molar-refractivity contribution in [3.8, 4) is 34.1 Å². The molecule has 2 aromatic heterocycles. The van der Waals surface area contributed by atoms with Gasteiger partial charge in [-0.05, 0) is 80.3 Å². The van der Waals surface area contributed by atoms with E-state index < -0.39 is 34.9 Å². The van der Waals surface area contributed by atoms with Gasteiger partial charge in [-0.15, -0.1) is 0 Å². The molecule has 3 aliphatic heterocycles. The van der Waals surface area contributed by atoms with Gasteiger partial charge in [0.15, 0.2) is 0 Å². The maximum atomic E-state index is 14.7. The van der Waals surface area contributed by atoms with Gasteiger partial charge in [0.05, 0.1) is 42.1 Å². The molecule has 0 unspecified atom stereocenters. The first-order valence-electron chi connectivity index (χ1n) is 18.5. The molecular weight excluding hydrogens is 735 g/mol. The SMILES string of the molecule is COc1nc(-c2cccc(-c3cccc4c3CC[C@@H]4Nc3nc(OC)c(CN4CCC5CC4(C(=O)O)C5)cc3C(F)(F)F)c2Cl)ccc1CN1CC(C)(O)C1. The minimum atomic E-state index is -4.73. The zero-order chi connectivity index (χ0) is 38.9. The molecule has 0 spiro atoms. The molecular formula is C41H43ClF3N5O5. The van der Waals surface area contributed by atoms with Gasteiger partial charge >= 0.3 is 12.1 Å². The number of alkyl halides is 3. The molecule has 14 heteroatoms. The van der Waals surface area contributed by atoms with Crippen LogP contribution in [0.25, 0.3) is 22.4 Å². The van der Waals surface area contributed by atoms with Crippen LogP contribution in [0, 0.1) is 5.92 Å². The number of nitrogens with one attached hydrogen (secondary N) is 1. The number of carboxylic acid groups (broad SMARTS) is 1. The Labute approximate surface area is 322 Å². The largest absolute Gasteiger partial charge is 0.481 e. The third-order valence-electron chi connectivity index (χ3n) is 11.8. The number of carbonyl (C=O) groups is 1. The standard InChI is InChI=1S/C41H43ClF3N5O5/c1-39(53)21-49(22-39)19-24-10-12-33(47-36(24)54-2)30-9-5-8-29(34(30)42)26-6-4-7-28-27(26)11-13-32(28)46-35-31(41(43,44)45)16-25(37(48-35)55-3)20-50-15-14-23-17-40(50,18-23)38(51)52/h4-10,12,16,23,32,53H,11,13-15,17-22H2,1-3H3,(H,46,48)(H,51,52)/t23?,32-,40?/m0/s1. The lowest BCUT2D eigenvalue weighted by atomic mass is 9.62. The lowest BCUT2D eigenvalue weighted by Gasteiger charge is -2.56. The lowest BCUT2D eigenvalue weighted by molar-refractivity contribution is -0.172. The highest BCUT2D eigenvalue weighted by Gasteiger charge is 2.57. The summed E-state index contributed by atoms with van der Waals surface area (Å²) < 4.78 is 55.3. The molecule has 290 valence electrons. The fraction of sp³-hybridized carbons (Fsp3) is 0.439. The Hall–Kier alpha value is -4.43. The summed E-state index contributed by atoms with van der Waals surface area (Å²) in [5.41, 5.74) is 3.24. The fourth-order valence-corrected chi connectivity index (χ4v) is 9.48. The number of fused-ring (bicyclic) bond motifs is 3. The summed E-state index contributed by atoms with van der Waals surface area (Å²) in [4.78, 5) is 25.3. The van der Waals surface area contributed by atoms with Crippen LogP contribution in [0.2, 0.25) is 5.02 Å². The molecule has 2 aromatic carbocycles. The molecule has 2 aliphatic carbocycles. The molecule has 55 heavy (non-hydrogen) atoms. The van der Waals surface area contributed by atoms with E-state index in [0.717, 1.165) is 40.3 Å². The van der Waals surface area contributed by atoms with Crippen LogP contribution in [-0.4, -0.2) is 80.9 Å². The number of aliphatic carboxylic acids is 1. The van der Waals surface area contributed by atoms with Gasteiger partial charge < -0.3 is 25.0 Å². The Bertz CT molecular complexity index is 2150. The third kappa shape index (κ3) is 6.79. The predicted molar refractivity (Wildman–Crippen MR) is 201 cm³/mol. The second-order valence-electron chi connectivity index (χ2n) is 15.7. The molecule has 2 bridgehead atoms. The second-order valence-corrected chi connectivity index (χ2v) is 16.0. The molecule has 4 aromatic rings. The molecule has 0 amide bonds. The molecule has 4 fully saturated rings. The average Bonchev–Trinajstić information content (AvgIpc) is 3.53. The number of rotatable bonds is 11. The Morgan fingerprint density at radius 3 is 2.35 bits per heavy atom. The van der Waals surface area contributed by atoms with Crippen LogP contribution < -0.4 is 14.8 Å². The molecule has 3 saturated heterocycles. The number of carboxylic acids is 1. The van der Waals surface area contributed by atoms with Crippen molar-refractivity contribution < 1.29 is 37.7 Å². The summed E-state index contributed by atoms with van der Waals surface area (Å²) in [5.74, 6) is -0.448. The van der Waals surface area contributed by atoms with Gasteiger partial charge in [-0.25, -0.2) is 4.98 Å². The Morgan fingerprint density at radius 2 is 1.65 bits per heavy atom. The van der Waals surface area contributed by atoms with Crippen molar-refractivity contribution in [2.45, 2.75) is 75.5 Å². The number of aromatic nitrogens is 2. The van der Waals surface area contributed by atoms with Gasteiger partial charge in [-0.1, -0.05) is 54.1 Å². The quantitative estimate of drug-likeness (QED) is 0.140. The summed E-state index contributed by atoms with van der Waals surface area (Å²) in [6.07, 6.45) is -1.82. The van der Waals surface area contributed by atoms with Crippen LogP contribution in [0.3, 0.4) is 0 Å². The average molecular weight is 778 g/mol. The summed E-state index contributed by atoms with van der Waals surface area (Å²) >= 11 is 7.14. The van der Waals surface area contributed by atoms with Crippen LogP contribution in [0.5, 0.6) is 11.8 Å². The Morgan fingerprint density at radius 1 is 0.964 bits per heavy atom. The van der Waals surface area contributed by atoms with Gasteiger partial charge in [-0.2, -0.15) is 18.2 Å². The second kappa shape index (κ2) is 13.9. The normalized spacial score (nSPS) is 23.1. The van der Waals surface area contributed by atoms with E-state index in [2.05, 4.69) is 15.2 Å². The Balaban J connectivity index is 1.07. The maximum absolute atomic E-state index is 14.7. The number of benzene rings is 2. The van der Waals surface area contributed by atoms with E-state index in [1.165, 1.54) is 7.11 Å².